The molecule has 324 valence electrons. The van der Waals surface area contributed by atoms with Crippen LogP contribution in [-0.2, 0) is 25.5 Å². The Balaban J connectivity index is 1.06. The smallest absolute Gasteiger partial charge is 0.410 e. The molecule has 2 atom stereocenters. The van der Waals surface area contributed by atoms with Gasteiger partial charge < -0.3 is 35.6 Å². The zero-order valence-electron chi connectivity index (χ0n) is 35.7. The SMILES string of the molecule is CC(C)(C)OC(=O)NCC1CCC(C(=O)N[C@@H](Cc2ccc(-c3ccc(C(=O)NC4CCN(C(=O)OC(C)(C)C)C4)cc3)cc2)C(=O)Nc2ccc(-c3nn[nH]n3)cc2)CC1. The predicted octanol–water partition coefficient (Wildman–Crippen LogP) is 6.27. The molecule has 3 aromatic carbocycles. The van der Waals surface area contributed by atoms with Gasteiger partial charge >= 0.3 is 12.2 Å². The normalized spacial score (nSPS) is 18.4. The lowest BCUT2D eigenvalue weighted by Crippen LogP contribution is -2.48. The molecular weight excluding hydrogens is 779 g/mol. The molecule has 16 nitrogen and oxygen atoms in total. The number of ether oxygens (including phenoxy) is 2. The van der Waals surface area contributed by atoms with Crippen LogP contribution in [0.15, 0.2) is 72.8 Å². The van der Waals surface area contributed by atoms with E-state index in [1.165, 1.54) is 0 Å². The summed E-state index contributed by atoms with van der Waals surface area (Å²) < 4.78 is 10.8. The van der Waals surface area contributed by atoms with Crippen LogP contribution in [0.25, 0.3) is 22.5 Å². The predicted molar refractivity (Wildman–Crippen MR) is 229 cm³/mol. The Kier molecular flexibility index (Phi) is 14.1. The second-order valence-corrected chi connectivity index (χ2v) is 17.8. The van der Waals surface area contributed by atoms with Crippen LogP contribution in [0, 0.1) is 11.8 Å². The summed E-state index contributed by atoms with van der Waals surface area (Å²) in [4.78, 5) is 66.9. The number of hydrogen-bond donors (Lipinski definition) is 5. The summed E-state index contributed by atoms with van der Waals surface area (Å²) in [6.07, 6.45) is 2.87. The molecule has 0 spiro atoms. The maximum absolute atomic E-state index is 13.9. The van der Waals surface area contributed by atoms with E-state index in [1.807, 2.05) is 77.9 Å². The van der Waals surface area contributed by atoms with Crippen molar-refractivity contribution in [1.82, 2.24) is 41.5 Å². The number of hydrogen-bond acceptors (Lipinski definition) is 10. The van der Waals surface area contributed by atoms with Crippen LogP contribution in [0.1, 0.15) is 89.6 Å². The van der Waals surface area contributed by atoms with Crippen LogP contribution < -0.4 is 21.3 Å². The number of aromatic nitrogens is 4. The summed E-state index contributed by atoms with van der Waals surface area (Å²) >= 11 is 0. The van der Waals surface area contributed by atoms with E-state index in [0.29, 0.717) is 56.0 Å². The second kappa shape index (κ2) is 19.4. The lowest BCUT2D eigenvalue weighted by atomic mass is 9.81. The van der Waals surface area contributed by atoms with Crippen LogP contribution in [0.5, 0.6) is 0 Å². The molecule has 4 aromatic rings. The van der Waals surface area contributed by atoms with E-state index >= 15 is 0 Å². The molecule has 0 radical (unpaired) electrons. The fraction of sp³-hybridized carbons (Fsp3) is 0.467. The largest absolute Gasteiger partial charge is 0.444 e. The lowest BCUT2D eigenvalue weighted by molar-refractivity contribution is -0.130. The Labute approximate surface area is 356 Å². The number of benzene rings is 3. The highest BCUT2D eigenvalue weighted by Gasteiger charge is 2.32. The number of alkyl carbamates (subject to hydrolysis) is 1. The Morgan fingerprint density at radius 2 is 1.41 bits per heavy atom. The summed E-state index contributed by atoms with van der Waals surface area (Å²) in [5.74, 6) is -0.356. The van der Waals surface area contributed by atoms with Crippen molar-refractivity contribution < 1.29 is 33.4 Å². The Morgan fingerprint density at radius 1 is 0.787 bits per heavy atom. The molecule has 1 saturated heterocycles. The third-order valence-corrected chi connectivity index (χ3v) is 10.6. The topological polar surface area (TPSA) is 210 Å². The zero-order valence-corrected chi connectivity index (χ0v) is 35.7. The van der Waals surface area contributed by atoms with Gasteiger partial charge in [0.1, 0.15) is 17.2 Å². The molecule has 5 N–H and O–H groups in total. The first-order valence-corrected chi connectivity index (χ1v) is 20.9. The second-order valence-electron chi connectivity index (χ2n) is 17.8. The van der Waals surface area contributed by atoms with Gasteiger partial charge in [-0.15, -0.1) is 10.2 Å². The molecule has 61 heavy (non-hydrogen) atoms. The molecule has 2 heterocycles. The van der Waals surface area contributed by atoms with Crippen molar-refractivity contribution in [3.8, 4) is 22.5 Å². The number of likely N-dealkylation sites (tertiary alicyclic amines) is 1. The minimum atomic E-state index is -0.865. The van der Waals surface area contributed by atoms with Crippen LogP contribution in [0.2, 0.25) is 0 Å². The molecule has 16 heteroatoms. The quantitative estimate of drug-likeness (QED) is 0.108. The summed E-state index contributed by atoms with van der Waals surface area (Å²) in [5.41, 5.74) is 3.29. The number of carbonyl (C=O) groups is 5. The summed E-state index contributed by atoms with van der Waals surface area (Å²) in [6.45, 7) is 12.3. The maximum atomic E-state index is 13.9. The highest BCUT2D eigenvalue weighted by molar-refractivity contribution is 5.98. The fourth-order valence-corrected chi connectivity index (χ4v) is 7.41. The van der Waals surface area contributed by atoms with Crippen LogP contribution in [0.3, 0.4) is 0 Å². The first kappa shape index (κ1) is 44.2. The number of anilines is 1. The first-order chi connectivity index (χ1) is 29.0. The number of carbonyl (C=O) groups excluding carboxylic acids is 5. The summed E-state index contributed by atoms with van der Waals surface area (Å²) in [6, 6.07) is 21.1. The summed E-state index contributed by atoms with van der Waals surface area (Å²) in [5, 5.41) is 25.9. The minimum absolute atomic E-state index is 0.166. The van der Waals surface area contributed by atoms with Gasteiger partial charge in [0, 0.05) is 54.8 Å². The van der Waals surface area contributed by atoms with Crippen LogP contribution in [0.4, 0.5) is 15.3 Å². The van der Waals surface area contributed by atoms with Gasteiger partial charge in [-0.3, -0.25) is 14.4 Å². The van der Waals surface area contributed by atoms with E-state index in [-0.39, 0.29) is 48.1 Å². The highest BCUT2D eigenvalue weighted by atomic mass is 16.6. The number of H-pyrrole nitrogens is 1. The van der Waals surface area contributed by atoms with Gasteiger partial charge in [-0.2, -0.15) is 5.21 Å². The summed E-state index contributed by atoms with van der Waals surface area (Å²) in [7, 11) is 0. The van der Waals surface area contributed by atoms with Crippen LogP contribution >= 0.6 is 0 Å². The van der Waals surface area contributed by atoms with Gasteiger partial charge in [0.2, 0.25) is 17.6 Å². The van der Waals surface area contributed by atoms with Gasteiger partial charge in [0.05, 0.1) is 0 Å². The number of tetrazole rings is 1. The number of rotatable bonds is 12. The number of nitrogens with one attached hydrogen (secondary N) is 5. The monoisotopic (exact) mass is 835 g/mol. The van der Waals surface area contributed by atoms with E-state index in [2.05, 4.69) is 41.9 Å². The van der Waals surface area contributed by atoms with Gasteiger partial charge in [-0.1, -0.05) is 36.4 Å². The highest BCUT2D eigenvalue weighted by Crippen LogP contribution is 2.29. The Bertz CT molecular complexity index is 2120. The Hall–Kier alpha value is -6.32. The Morgan fingerprint density at radius 3 is 2.02 bits per heavy atom. The van der Waals surface area contributed by atoms with Crippen molar-refractivity contribution in [2.75, 3.05) is 25.0 Å². The van der Waals surface area contributed by atoms with E-state index in [1.54, 1.807) is 41.3 Å². The molecule has 2 fully saturated rings. The molecule has 0 bridgehead atoms. The maximum Gasteiger partial charge on any atom is 0.410 e. The van der Waals surface area contributed by atoms with Gasteiger partial charge in [0.15, 0.2) is 0 Å². The minimum Gasteiger partial charge on any atom is -0.444 e. The third kappa shape index (κ3) is 13.1. The first-order valence-electron chi connectivity index (χ1n) is 20.9. The molecule has 1 aliphatic heterocycles. The van der Waals surface area contributed by atoms with Gasteiger partial charge in [-0.05, 0) is 138 Å². The molecule has 1 unspecified atom stereocenters. The van der Waals surface area contributed by atoms with E-state index in [9.17, 15) is 24.0 Å². The number of amides is 5. The average molecular weight is 836 g/mol. The van der Waals surface area contributed by atoms with Crippen molar-refractivity contribution in [2.24, 2.45) is 11.8 Å². The van der Waals surface area contributed by atoms with Gasteiger partial charge in [0.25, 0.3) is 5.91 Å². The zero-order chi connectivity index (χ0) is 43.7. The third-order valence-electron chi connectivity index (χ3n) is 10.6. The lowest BCUT2D eigenvalue weighted by Gasteiger charge is -2.29. The van der Waals surface area contributed by atoms with Crippen molar-refractivity contribution in [3.05, 3.63) is 83.9 Å². The van der Waals surface area contributed by atoms with E-state index in [0.717, 1.165) is 35.1 Å². The van der Waals surface area contributed by atoms with Crippen LogP contribution in [-0.4, -0.2) is 98.4 Å². The van der Waals surface area contributed by atoms with Crippen molar-refractivity contribution in [2.45, 2.75) is 103 Å². The molecule has 6 rings (SSSR count). The molecule has 1 aromatic heterocycles. The number of aromatic amines is 1. The van der Waals surface area contributed by atoms with Crippen molar-refractivity contribution in [3.63, 3.8) is 0 Å². The fourth-order valence-electron chi connectivity index (χ4n) is 7.41. The average Bonchev–Trinajstić information content (AvgIpc) is 3.93. The number of nitrogens with zero attached hydrogens (tertiary/aromatic N) is 4. The van der Waals surface area contributed by atoms with E-state index < -0.39 is 23.3 Å². The molecule has 2 aliphatic rings. The standard InChI is InChI=1S/C45H57N9O7/c1-44(2,3)60-42(58)46-26-29-9-13-33(14-10-29)40(56)49-37(41(57)47-35-21-19-32(20-22-35)38-50-52-53-51-38)25-28-7-11-30(12-8-28)31-15-17-34(18-16-31)39(55)48-36-23-24-54(27-36)43(59)61-45(4,5)6/h7-8,11-12,15-22,29,33,36-37H,9-10,13-14,23-27H2,1-6H3,(H,46,58)(H,47,57)(H,48,55)(H,49,56)(H,50,51,52,53)/t29?,33?,36?,37-/m0/s1. The van der Waals surface area contributed by atoms with E-state index in [4.69, 9.17) is 9.47 Å². The molecule has 5 amide bonds. The molecule has 1 saturated carbocycles. The van der Waals surface area contributed by atoms with Crippen molar-refractivity contribution >= 4 is 35.6 Å². The van der Waals surface area contributed by atoms with Crippen molar-refractivity contribution in [1.29, 1.82) is 0 Å². The molecular formula is C45H57N9O7. The molecule has 1 aliphatic carbocycles. The van der Waals surface area contributed by atoms with Gasteiger partial charge in [-0.25, -0.2) is 9.59 Å².